The van der Waals surface area contributed by atoms with Gasteiger partial charge in [-0.3, -0.25) is 0 Å². The number of methoxy groups -OCH3 is 1. The molecule has 0 bridgehead atoms. The van der Waals surface area contributed by atoms with Crippen LogP contribution in [-0.4, -0.2) is 22.7 Å². The van der Waals surface area contributed by atoms with E-state index in [0.717, 1.165) is 10.2 Å². The van der Waals surface area contributed by atoms with E-state index in [1.807, 2.05) is 6.07 Å². The highest BCUT2D eigenvalue weighted by Gasteiger charge is 2.06. The summed E-state index contributed by atoms with van der Waals surface area (Å²) in [7, 11) is 1.35. The molecule has 0 aliphatic rings. The summed E-state index contributed by atoms with van der Waals surface area (Å²) in [6.07, 6.45) is 0. The number of esters is 1. The Morgan fingerprint density at radius 1 is 1.54 bits per heavy atom. The number of nitrogens with zero attached hydrogens (tertiary/aromatic N) is 2. The van der Waals surface area contributed by atoms with E-state index in [1.54, 1.807) is 12.1 Å². The highest BCUT2D eigenvalue weighted by Crippen LogP contribution is 2.16. The monoisotopic (exact) mass is 194 g/mol. The molecule has 0 aliphatic carbocycles. The van der Waals surface area contributed by atoms with Gasteiger partial charge in [-0.15, -0.1) is 5.10 Å². The molecule has 0 saturated heterocycles. The maximum absolute atomic E-state index is 11.1. The van der Waals surface area contributed by atoms with Gasteiger partial charge in [0.25, 0.3) is 0 Å². The molecule has 0 amide bonds. The van der Waals surface area contributed by atoms with Crippen LogP contribution in [0.25, 0.3) is 10.2 Å². The van der Waals surface area contributed by atoms with E-state index in [2.05, 4.69) is 14.3 Å². The number of rotatable bonds is 1. The van der Waals surface area contributed by atoms with E-state index in [4.69, 9.17) is 0 Å². The molecule has 0 N–H and O–H groups in total. The van der Waals surface area contributed by atoms with Gasteiger partial charge < -0.3 is 4.74 Å². The molecule has 0 atom stereocenters. The SMILES string of the molecule is COC(=O)c1ccc2snnc2c1. The van der Waals surface area contributed by atoms with E-state index < -0.39 is 0 Å². The van der Waals surface area contributed by atoms with Crippen LogP contribution in [0.4, 0.5) is 0 Å². The predicted octanol–water partition coefficient (Wildman–Crippen LogP) is 1.48. The Morgan fingerprint density at radius 2 is 2.38 bits per heavy atom. The Hall–Kier alpha value is -1.49. The molecule has 1 heterocycles. The lowest BCUT2D eigenvalue weighted by Gasteiger charge is -1.96. The third-order valence-electron chi connectivity index (χ3n) is 1.67. The van der Waals surface area contributed by atoms with E-state index in [9.17, 15) is 4.79 Å². The molecular formula is C8H6N2O2S. The molecule has 4 nitrogen and oxygen atoms in total. The van der Waals surface area contributed by atoms with Crippen molar-refractivity contribution in [1.82, 2.24) is 9.59 Å². The van der Waals surface area contributed by atoms with Gasteiger partial charge in [-0.25, -0.2) is 4.79 Å². The fraction of sp³-hybridized carbons (Fsp3) is 0.125. The second-order valence-electron chi connectivity index (χ2n) is 2.45. The fourth-order valence-corrected chi connectivity index (χ4v) is 1.56. The summed E-state index contributed by atoms with van der Waals surface area (Å²) in [5.74, 6) is -0.352. The van der Waals surface area contributed by atoms with Crippen molar-refractivity contribution < 1.29 is 9.53 Å². The molecule has 1 aromatic heterocycles. The van der Waals surface area contributed by atoms with Gasteiger partial charge in [0.15, 0.2) is 0 Å². The van der Waals surface area contributed by atoms with Crippen LogP contribution in [0.15, 0.2) is 18.2 Å². The first-order chi connectivity index (χ1) is 6.31. The van der Waals surface area contributed by atoms with E-state index in [0.29, 0.717) is 5.56 Å². The van der Waals surface area contributed by atoms with Crippen LogP contribution in [0, 0.1) is 0 Å². The standard InChI is InChI=1S/C8H6N2O2S/c1-12-8(11)5-2-3-7-6(4-5)9-10-13-7/h2-4H,1H3. The topological polar surface area (TPSA) is 52.1 Å². The lowest BCUT2D eigenvalue weighted by atomic mass is 10.2. The Kier molecular flexibility index (Phi) is 1.94. The van der Waals surface area contributed by atoms with Gasteiger partial charge in [0, 0.05) is 0 Å². The summed E-state index contributed by atoms with van der Waals surface area (Å²) in [5.41, 5.74) is 1.23. The summed E-state index contributed by atoms with van der Waals surface area (Å²) in [5, 5.41) is 3.86. The van der Waals surface area contributed by atoms with Gasteiger partial charge in [0.2, 0.25) is 0 Å². The molecule has 5 heteroatoms. The maximum atomic E-state index is 11.1. The Balaban J connectivity index is 2.54. The van der Waals surface area contributed by atoms with Gasteiger partial charge in [0.1, 0.15) is 5.52 Å². The van der Waals surface area contributed by atoms with Crippen LogP contribution < -0.4 is 0 Å². The van der Waals surface area contributed by atoms with Crippen LogP contribution in [0.3, 0.4) is 0 Å². The second-order valence-corrected chi connectivity index (χ2v) is 3.23. The minimum Gasteiger partial charge on any atom is -0.465 e. The largest absolute Gasteiger partial charge is 0.465 e. The molecule has 0 spiro atoms. The molecule has 13 heavy (non-hydrogen) atoms. The normalized spacial score (nSPS) is 10.2. The van der Waals surface area contributed by atoms with Crippen molar-refractivity contribution >= 4 is 27.7 Å². The fourth-order valence-electron chi connectivity index (χ4n) is 1.03. The minimum absolute atomic E-state index is 0.352. The predicted molar refractivity (Wildman–Crippen MR) is 48.8 cm³/mol. The molecule has 2 rings (SSSR count). The van der Waals surface area contributed by atoms with E-state index in [1.165, 1.54) is 18.6 Å². The summed E-state index contributed by atoms with van der Waals surface area (Å²) in [6.45, 7) is 0. The van der Waals surface area contributed by atoms with Crippen LogP contribution in [0.5, 0.6) is 0 Å². The van der Waals surface area contributed by atoms with E-state index >= 15 is 0 Å². The molecule has 0 aliphatic heterocycles. The zero-order chi connectivity index (χ0) is 9.26. The Morgan fingerprint density at radius 3 is 3.15 bits per heavy atom. The number of hydrogen-bond acceptors (Lipinski definition) is 5. The lowest BCUT2D eigenvalue weighted by Crippen LogP contribution is -2.00. The maximum Gasteiger partial charge on any atom is 0.337 e. The summed E-state index contributed by atoms with van der Waals surface area (Å²) in [6, 6.07) is 5.19. The number of ether oxygens (including phenoxy) is 1. The highest BCUT2D eigenvalue weighted by molar-refractivity contribution is 7.12. The van der Waals surface area contributed by atoms with Crippen molar-refractivity contribution in [3.63, 3.8) is 0 Å². The third-order valence-corrected chi connectivity index (χ3v) is 2.37. The second kappa shape index (κ2) is 3.10. The number of aromatic nitrogens is 2. The van der Waals surface area contributed by atoms with Crippen LogP contribution >= 0.6 is 11.5 Å². The first-order valence-corrected chi connectivity index (χ1v) is 4.39. The first-order valence-electron chi connectivity index (χ1n) is 3.61. The Labute approximate surface area is 78.3 Å². The number of fused-ring (bicyclic) bond motifs is 1. The van der Waals surface area contributed by atoms with Gasteiger partial charge in [0.05, 0.1) is 17.4 Å². The summed E-state index contributed by atoms with van der Waals surface area (Å²) in [4.78, 5) is 11.1. The van der Waals surface area contributed by atoms with Crippen molar-refractivity contribution in [2.45, 2.75) is 0 Å². The first kappa shape index (κ1) is 8.12. The van der Waals surface area contributed by atoms with Crippen molar-refractivity contribution in [3.05, 3.63) is 23.8 Å². The smallest absolute Gasteiger partial charge is 0.337 e. The van der Waals surface area contributed by atoms with Crippen LogP contribution in [-0.2, 0) is 4.74 Å². The number of carbonyl (C=O) groups is 1. The Bertz CT molecular complexity index is 452. The number of carbonyl (C=O) groups excluding carboxylic acids is 1. The van der Waals surface area contributed by atoms with E-state index in [-0.39, 0.29) is 5.97 Å². The quantitative estimate of drug-likeness (QED) is 0.645. The van der Waals surface area contributed by atoms with Crippen molar-refractivity contribution in [2.24, 2.45) is 0 Å². The van der Waals surface area contributed by atoms with Gasteiger partial charge >= 0.3 is 5.97 Å². The molecular weight excluding hydrogens is 188 g/mol. The number of benzene rings is 1. The molecule has 2 aromatic rings. The zero-order valence-corrected chi connectivity index (χ0v) is 7.67. The molecule has 0 unspecified atom stereocenters. The van der Waals surface area contributed by atoms with Crippen LogP contribution in [0.2, 0.25) is 0 Å². The lowest BCUT2D eigenvalue weighted by molar-refractivity contribution is 0.0601. The summed E-state index contributed by atoms with van der Waals surface area (Å²) < 4.78 is 9.31. The van der Waals surface area contributed by atoms with Gasteiger partial charge in [-0.1, -0.05) is 4.49 Å². The van der Waals surface area contributed by atoms with Gasteiger partial charge in [-0.2, -0.15) is 0 Å². The van der Waals surface area contributed by atoms with Gasteiger partial charge in [-0.05, 0) is 29.7 Å². The summed E-state index contributed by atoms with van der Waals surface area (Å²) >= 11 is 1.30. The number of hydrogen-bond donors (Lipinski definition) is 0. The molecule has 0 saturated carbocycles. The van der Waals surface area contributed by atoms with Crippen molar-refractivity contribution in [3.8, 4) is 0 Å². The average molecular weight is 194 g/mol. The molecule has 0 fully saturated rings. The minimum atomic E-state index is -0.352. The third kappa shape index (κ3) is 1.38. The molecule has 66 valence electrons. The molecule has 0 radical (unpaired) electrons. The zero-order valence-electron chi connectivity index (χ0n) is 6.85. The van der Waals surface area contributed by atoms with Crippen molar-refractivity contribution in [1.29, 1.82) is 0 Å². The highest BCUT2D eigenvalue weighted by atomic mass is 32.1. The van der Waals surface area contributed by atoms with Crippen molar-refractivity contribution in [2.75, 3.05) is 7.11 Å². The van der Waals surface area contributed by atoms with Crippen LogP contribution in [0.1, 0.15) is 10.4 Å². The average Bonchev–Trinajstić information content (AvgIpc) is 2.63. The molecule has 1 aromatic carbocycles.